The molecule has 2 heterocycles. The number of hydrogen-bond donors (Lipinski definition) is 1. The van der Waals surface area contributed by atoms with E-state index in [1.807, 2.05) is 25.9 Å². The first-order valence-electron chi connectivity index (χ1n) is 8.10. The Balaban J connectivity index is 1.87. The number of aryl methyl sites for hydroxylation is 1. The maximum absolute atomic E-state index is 12.8. The molecule has 0 saturated heterocycles. The van der Waals surface area contributed by atoms with E-state index >= 15 is 0 Å². The molecule has 7 heteroatoms. The van der Waals surface area contributed by atoms with Gasteiger partial charge in [-0.05, 0) is 31.5 Å². The van der Waals surface area contributed by atoms with Gasteiger partial charge in [0, 0.05) is 31.8 Å². The Morgan fingerprint density at radius 1 is 1.32 bits per heavy atom. The van der Waals surface area contributed by atoms with Crippen molar-refractivity contribution in [1.29, 1.82) is 0 Å². The molecule has 1 aromatic heterocycles. The van der Waals surface area contributed by atoms with Gasteiger partial charge >= 0.3 is 0 Å². The van der Waals surface area contributed by atoms with Crippen LogP contribution in [0.1, 0.15) is 27.4 Å². The van der Waals surface area contributed by atoms with Crippen molar-refractivity contribution in [1.82, 2.24) is 14.9 Å². The van der Waals surface area contributed by atoms with Crippen molar-refractivity contribution < 1.29 is 14.6 Å². The Morgan fingerprint density at radius 3 is 2.72 bits per heavy atom. The molecule has 2 aromatic rings. The Kier molecular flexibility index (Phi) is 4.48. The third-order valence-corrected chi connectivity index (χ3v) is 4.29. The molecule has 0 bridgehead atoms. The molecule has 1 aliphatic rings. The van der Waals surface area contributed by atoms with Gasteiger partial charge in [-0.15, -0.1) is 0 Å². The molecule has 7 nitrogen and oxygen atoms in total. The maximum Gasteiger partial charge on any atom is 0.254 e. The molecule has 0 saturated carbocycles. The van der Waals surface area contributed by atoms with Gasteiger partial charge in [-0.3, -0.25) is 4.79 Å². The Morgan fingerprint density at radius 2 is 2.08 bits per heavy atom. The van der Waals surface area contributed by atoms with Crippen molar-refractivity contribution in [3.05, 3.63) is 40.8 Å². The van der Waals surface area contributed by atoms with Crippen LogP contribution in [-0.2, 0) is 13.0 Å². The third-order valence-electron chi connectivity index (χ3n) is 4.29. The smallest absolute Gasteiger partial charge is 0.254 e. The Hall–Kier alpha value is -2.83. The number of amides is 1. The molecular weight excluding hydrogens is 320 g/mol. The molecule has 0 fully saturated rings. The summed E-state index contributed by atoms with van der Waals surface area (Å²) in [5.74, 6) is 1.78. The molecule has 132 valence electrons. The van der Waals surface area contributed by atoms with Gasteiger partial charge in [0.2, 0.25) is 0 Å². The minimum absolute atomic E-state index is 0.0428. The lowest BCUT2D eigenvalue weighted by molar-refractivity contribution is 0.0731. The van der Waals surface area contributed by atoms with Gasteiger partial charge in [-0.1, -0.05) is 0 Å². The SMILES string of the molecule is COc1ccc(C(=O)N2CCc3c(nc(C)nc3N(C)C)C2)cc1O. The number of rotatable bonds is 3. The van der Waals surface area contributed by atoms with E-state index in [0.717, 1.165) is 17.1 Å². The van der Waals surface area contributed by atoms with Crippen molar-refractivity contribution in [3.63, 3.8) is 0 Å². The number of carbonyl (C=O) groups excluding carboxylic acids is 1. The van der Waals surface area contributed by atoms with E-state index in [9.17, 15) is 9.90 Å². The predicted octanol–water partition coefficient (Wildman–Crippen LogP) is 1.76. The average Bonchev–Trinajstić information content (AvgIpc) is 2.59. The zero-order valence-corrected chi connectivity index (χ0v) is 14.9. The van der Waals surface area contributed by atoms with Crippen LogP contribution >= 0.6 is 0 Å². The number of anilines is 1. The van der Waals surface area contributed by atoms with Crippen LogP contribution in [0.2, 0.25) is 0 Å². The predicted molar refractivity (Wildman–Crippen MR) is 94.2 cm³/mol. The van der Waals surface area contributed by atoms with Crippen LogP contribution in [-0.4, -0.2) is 53.6 Å². The number of aromatic hydroxyl groups is 1. The molecular formula is C18H22N4O3. The summed E-state index contributed by atoms with van der Waals surface area (Å²) in [5, 5.41) is 9.91. The molecule has 1 aromatic carbocycles. The Labute approximate surface area is 146 Å². The van der Waals surface area contributed by atoms with Crippen molar-refractivity contribution >= 4 is 11.7 Å². The topological polar surface area (TPSA) is 78.8 Å². The monoisotopic (exact) mass is 342 g/mol. The highest BCUT2D eigenvalue weighted by Gasteiger charge is 2.26. The van der Waals surface area contributed by atoms with E-state index in [4.69, 9.17) is 4.74 Å². The molecule has 1 aliphatic heterocycles. The van der Waals surface area contributed by atoms with E-state index in [-0.39, 0.29) is 11.7 Å². The van der Waals surface area contributed by atoms with Crippen LogP contribution in [0.4, 0.5) is 5.82 Å². The lowest BCUT2D eigenvalue weighted by atomic mass is 10.0. The van der Waals surface area contributed by atoms with Crippen LogP contribution in [0.25, 0.3) is 0 Å². The lowest BCUT2D eigenvalue weighted by Gasteiger charge is -2.30. The first-order chi connectivity index (χ1) is 11.9. The number of phenols is 1. The van der Waals surface area contributed by atoms with Crippen LogP contribution < -0.4 is 9.64 Å². The molecule has 0 unspecified atom stereocenters. The number of nitrogens with zero attached hydrogens (tertiary/aromatic N) is 4. The minimum atomic E-state index is -0.133. The fraction of sp³-hybridized carbons (Fsp3) is 0.389. The molecule has 0 spiro atoms. The summed E-state index contributed by atoms with van der Waals surface area (Å²) in [7, 11) is 5.39. The van der Waals surface area contributed by atoms with Gasteiger partial charge in [-0.2, -0.15) is 0 Å². The van der Waals surface area contributed by atoms with Crippen molar-refractivity contribution in [2.45, 2.75) is 19.9 Å². The summed E-state index contributed by atoms with van der Waals surface area (Å²) in [6.45, 7) is 2.88. The maximum atomic E-state index is 12.8. The lowest BCUT2D eigenvalue weighted by Crippen LogP contribution is -2.37. The van der Waals surface area contributed by atoms with E-state index in [2.05, 4.69) is 9.97 Å². The number of fused-ring (bicyclic) bond motifs is 1. The summed E-state index contributed by atoms with van der Waals surface area (Å²) in [5.41, 5.74) is 2.41. The van der Waals surface area contributed by atoms with Gasteiger partial charge in [0.05, 0.1) is 19.3 Å². The van der Waals surface area contributed by atoms with Crippen molar-refractivity contribution in [3.8, 4) is 11.5 Å². The van der Waals surface area contributed by atoms with E-state index in [1.54, 1.807) is 17.0 Å². The minimum Gasteiger partial charge on any atom is -0.504 e. The zero-order valence-electron chi connectivity index (χ0n) is 14.9. The number of ether oxygens (including phenoxy) is 1. The highest BCUT2D eigenvalue weighted by atomic mass is 16.5. The second-order valence-corrected chi connectivity index (χ2v) is 6.28. The molecule has 1 amide bonds. The van der Waals surface area contributed by atoms with Crippen LogP contribution in [0.3, 0.4) is 0 Å². The summed E-state index contributed by atoms with van der Waals surface area (Å²) in [6.07, 6.45) is 0.705. The second-order valence-electron chi connectivity index (χ2n) is 6.28. The number of methoxy groups -OCH3 is 1. The van der Waals surface area contributed by atoms with Gasteiger partial charge in [0.25, 0.3) is 5.91 Å². The first-order valence-corrected chi connectivity index (χ1v) is 8.10. The van der Waals surface area contributed by atoms with Crippen LogP contribution in [0.5, 0.6) is 11.5 Å². The average molecular weight is 342 g/mol. The number of aromatic nitrogens is 2. The normalized spacial score (nSPS) is 13.4. The number of benzene rings is 1. The largest absolute Gasteiger partial charge is 0.504 e. The van der Waals surface area contributed by atoms with Crippen molar-refractivity contribution in [2.24, 2.45) is 0 Å². The zero-order chi connectivity index (χ0) is 18.1. The van der Waals surface area contributed by atoms with Gasteiger partial charge in [0.1, 0.15) is 11.6 Å². The number of carbonyl (C=O) groups is 1. The van der Waals surface area contributed by atoms with E-state index < -0.39 is 0 Å². The molecule has 1 N–H and O–H groups in total. The summed E-state index contributed by atoms with van der Waals surface area (Å²) in [4.78, 5) is 25.5. The van der Waals surface area contributed by atoms with Gasteiger partial charge in [-0.25, -0.2) is 9.97 Å². The summed E-state index contributed by atoms with van der Waals surface area (Å²) < 4.78 is 5.02. The third kappa shape index (κ3) is 3.22. The summed E-state index contributed by atoms with van der Waals surface area (Å²) >= 11 is 0. The highest BCUT2D eigenvalue weighted by molar-refractivity contribution is 5.95. The molecule has 0 radical (unpaired) electrons. The van der Waals surface area contributed by atoms with Crippen LogP contribution in [0.15, 0.2) is 18.2 Å². The fourth-order valence-corrected chi connectivity index (χ4v) is 3.08. The van der Waals surface area contributed by atoms with Crippen LogP contribution in [0, 0.1) is 6.92 Å². The second kappa shape index (κ2) is 6.58. The van der Waals surface area contributed by atoms with Gasteiger partial charge < -0.3 is 19.6 Å². The first kappa shape index (κ1) is 17.0. The Bertz CT molecular complexity index is 820. The van der Waals surface area contributed by atoms with E-state index in [1.165, 1.54) is 13.2 Å². The molecule has 0 atom stereocenters. The fourth-order valence-electron chi connectivity index (χ4n) is 3.08. The molecule has 0 aliphatic carbocycles. The number of hydrogen-bond acceptors (Lipinski definition) is 6. The van der Waals surface area contributed by atoms with Crippen molar-refractivity contribution in [2.75, 3.05) is 32.6 Å². The summed E-state index contributed by atoms with van der Waals surface area (Å²) in [6, 6.07) is 4.69. The van der Waals surface area contributed by atoms with E-state index in [0.29, 0.717) is 36.6 Å². The highest BCUT2D eigenvalue weighted by Crippen LogP contribution is 2.29. The molecule has 25 heavy (non-hydrogen) atoms. The molecule has 3 rings (SSSR count). The quantitative estimate of drug-likeness (QED) is 0.916. The number of phenolic OH excluding ortho intramolecular Hbond substituents is 1. The standard InChI is InChI=1S/C18H22N4O3/c1-11-19-14-10-22(8-7-13(14)17(20-11)21(2)3)18(24)12-5-6-16(25-4)15(23)9-12/h5-6,9,23H,7-8,10H2,1-4H3. The van der Waals surface area contributed by atoms with Gasteiger partial charge in [0.15, 0.2) is 11.5 Å².